The van der Waals surface area contributed by atoms with E-state index in [9.17, 15) is 0 Å². The van der Waals surface area contributed by atoms with Gasteiger partial charge >= 0.3 is 0 Å². The predicted molar refractivity (Wildman–Crippen MR) is 75.9 cm³/mol. The molecule has 0 aliphatic carbocycles. The first-order valence-electron chi connectivity index (χ1n) is 5.11. The summed E-state index contributed by atoms with van der Waals surface area (Å²) in [5.41, 5.74) is 2.22. The molecule has 84 valence electrons. The summed E-state index contributed by atoms with van der Waals surface area (Å²) in [6.07, 6.45) is 0. The molecule has 3 aromatic rings. The van der Waals surface area contributed by atoms with Gasteiger partial charge in [-0.2, -0.15) is 4.37 Å². The van der Waals surface area contributed by atoms with Gasteiger partial charge in [-0.25, -0.2) is 0 Å². The summed E-state index contributed by atoms with van der Waals surface area (Å²) < 4.78 is 4.26. The number of rotatable bonds is 2. The lowest BCUT2D eigenvalue weighted by atomic mass is 10.1. The molecule has 0 aliphatic heterocycles. The number of halogens is 1. The quantitative estimate of drug-likeness (QED) is 0.628. The van der Waals surface area contributed by atoms with Crippen LogP contribution in [0, 0.1) is 0 Å². The third-order valence-corrected chi connectivity index (χ3v) is 4.61. The van der Waals surface area contributed by atoms with E-state index in [2.05, 4.69) is 28.0 Å². The van der Waals surface area contributed by atoms with E-state index in [0.717, 1.165) is 10.4 Å². The van der Waals surface area contributed by atoms with Crippen molar-refractivity contribution < 1.29 is 0 Å². The van der Waals surface area contributed by atoms with Crippen molar-refractivity contribution in [1.82, 2.24) is 4.37 Å². The molecule has 0 spiro atoms. The Morgan fingerprint density at radius 3 is 2.53 bits per heavy atom. The van der Waals surface area contributed by atoms with E-state index >= 15 is 0 Å². The average molecular weight is 278 g/mol. The second-order valence-corrected chi connectivity index (χ2v) is 5.60. The number of benzene rings is 1. The SMILES string of the molecule is Clc1nsc(-c2ccccc2)c1-c1cccs1. The molecular weight excluding hydrogens is 270 g/mol. The van der Waals surface area contributed by atoms with Gasteiger partial charge in [0.2, 0.25) is 0 Å². The maximum Gasteiger partial charge on any atom is 0.152 e. The molecule has 0 fully saturated rings. The molecule has 0 radical (unpaired) electrons. The van der Waals surface area contributed by atoms with Crippen LogP contribution in [0.15, 0.2) is 47.8 Å². The van der Waals surface area contributed by atoms with Crippen molar-refractivity contribution in [3.63, 3.8) is 0 Å². The molecule has 0 saturated heterocycles. The minimum absolute atomic E-state index is 0.594. The Labute approximate surface area is 112 Å². The Hall–Kier alpha value is -1.16. The molecule has 0 saturated carbocycles. The van der Waals surface area contributed by atoms with Gasteiger partial charge in [-0.3, -0.25) is 0 Å². The Bertz CT molecular complexity index is 614. The second-order valence-electron chi connectivity index (χ2n) is 3.52. The predicted octanol–water partition coefficient (Wildman–Crippen LogP) is 5.19. The number of hydrogen-bond donors (Lipinski definition) is 0. The van der Waals surface area contributed by atoms with Crippen LogP contribution in [0.5, 0.6) is 0 Å². The normalized spacial score (nSPS) is 10.6. The minimum atomic E-state index is 0.594. The molecule has 4 heteroatoms. The molecule has 0 aliphatic rings. The number of hydrogen-bond acceptors (Lipinski definition) is 3. The summed E-state index contributed by atoms with van der Waals surface area (Å²) >= 11 is 9.33. The minimum Gasteiger partial charge on any atom is -0.180 e. The topological polar surface area (TPSA) is 12.9 Å². The zero-order valence-corrected chi connectivity index (χ0v) is 11.1. The van der Waals surface area contributed by atoms with Crippen LogP contribution in [0.1, 0.15) is 0 Å². The van der Waals surface area contributed by atoms with Crippen LogP contribution in [0.4, 0.5) is 0 Å². The van der Waals surface area contributed by atoms with E-state index in [1.165, 1.54) is 22.0 Å². The number of nitrogens with zero attached hydrogens (tertiary/aromatic N) is 1. The van der Waals surface area contributed by atoms with Gasteiger partial charge in [-0.05, 0) is 28.5 Å². The maximum absolute atomic E-state index is 6.19. The van der Waals surface area contributed by atoms with Crippen LogP contribution in [0.2, 0.25) is 5.15 Å². The van der Waals surface area contributed by atoms with Crippen molar-refractivity contribution in [2.45, 2.75) is 0 Å². The van der Waals surface area contributed by atoms with Crippen LogP contribution < -0.4 is 0 Å². The first-order chi connectivity index (χ1) is 8.36. The molecule has 3 rings (SSSR count). The van der Waals surface area contributed by atoms with Gasteiger partial charge in [-0.1, -0.05) is 48.0 Å². The van der Waals surface area contributed by atoms with Crippen LogP contribution in [-0.2, 0) is 0 Å². The van der Waals surface area contributed by atoms with Gasteiger partial charge in [0, 0.05) is 10.4 Å². The second kappa shape index (κ2) is 4.61. The van der Waals surface area contributed by atoms with E-state index in [4.69, 9.17) is 11.6 Å². The molecule has 2 heterocycles. The van der Waals surface area contributed by atoms with E-state index in [1.807, 2.05) is 24.3 Å². The highest BCUT2D eigenvalue weighted by Gasteiger charge is 2.16. The van der Waals surface area contributed by atoms with Crippen LogP contribution >= 0.6 is 34.5 Å². The smallest absolute Gasteiger partial charge is 0.152 e. The largest absolute Gasteiger partial charge is 0.180 e. The van der Waals surface area contributed by atoms with Gasteiger partial charge in [0.25, 0.3) is 0 Å². The van der Waals surface area contributed by atoms with Gasteiger partial charge in [-0.15, -0.1) is 11.3 Å². The molecular formula is C13H8ClNS2. The zero-order chi connectivity index (χ0) is 11.7. The Kier molecular flexibility index (Phi) is 2.97. The Morgan fingerprint density at radius 2 is 1.82 bits per heavy atom. The van der Waals surface area contributed by atoms with Crippen molar-refractivity contribution >= 4 is 34.5 Å². The molecule has 17 heavy (non-hydrogen) atoms. The van der Waals surface area contributed by atoms with Crippen molar-refractivity contribution in [3.05, 3.63) is 53.0 Å². The summed E-state index contributed by atoms with van der Waals surface area (Å²) in [6.45, 7) is 0. The van der Waals surface area contributed by atoms with Crippen LogP contribution in [0.3, 0.4) is 0 Å². The highest BCUT2D eigenvalue weighted by molar-refractivity contribution is 7.15. The van der Waals surface area contributed by atoms with E-state index < -0.39 is 0 Å². The first kappa shape index (κ1) is 11.0. The van der Waals surface area contributed by atoms with Crippen molar-refractivity contribution in [1.29, 1.82) is 0 Å². The van der Waals surface area contributed by atoms with Crippen molar-refractivity contribution in [2.75, 3.05) is 0 Å². The molecule has 1 aromatic carbocycles. The third-order valence-electron chi connectivity index (χ3n) is 2.45. The lowest BCUT2D eigenvalue weighted by Gasteiger charge is -2.00. The molecule has 0 atom stereocenters. The lowest BCUT2D eigenvalue weighted by Crippen LogP contribution is -1.76. The number of thiophene rings is 1. The standard InChI is InChI=1S/C13H8ClNS2/c14-13-11(10-7-4-8-16-10)12(17-15-13)9-5-2-1-3-6-9/h1-8H. The van der Waals surface area contributed by atoms with E-state index in [0.29, 0.717) is 5.15 Å². The van der Waals surface area contributed by atoms with Crippen LogP contribution in [-0.4, -0.2) is 4.37 Å². The van der Waals surface area contributed by atoms with Crippen LogP contribution in [0.25, 0.3) is 20.9 Å². The van der Waals surface area contributed by atoms with Gasteiger partial charge in [0.15, 0.2) is 5.15 Å². The molecule has 2 aromatic heterocycles. The van der Waals surface area contributed by atoms with Crippen molar-refractivity contribution in [3.8, 4) is 20.9 Å². The molecule has 0 bridgehead atoms. The summed E-state index contributed by atoms with van der Waals surface area (Å²) in [4.78, 5) is 2.31. The molecule has 1 nitrogen and oxygen atoms in total. The maximum atomic E-state index is 6.19. The lowest BCUT2D eigenvalue weighted by molar-refractivity contribution is 1.58. The Balaban J connectivity index is 2.20. The third kappa shape index (κ3) is 2.02. The van der Waals surface area contributed by atoms with E-state index in [1.54, 1.807) is 11.3 Å². The number of aromatic nitrogens is 1. The fourth-order valence-electron chi connectivity index (χ4n) is 1.69. The monoisotopic (exact) mass is 277 g/mol. The summed E-state index contributed by atoms with van der Waals surface area (Å²) in [5, 5.41) is 2.65. The zero-order valence-electron chi connectivity index (χ0n) is 8.76. The Morgan fingerprint density at radius 1 is 1.00 bits per heavy atom. The molecule has 0 N–H and O–H groups in total. The molecule has 0 unspecified atom stereocenters. The van der Waals surface area contributed by atoms with Gasteiger partial charge < -0.3 is 0 Å². The average Bonchev–Trinajstić information content (AvgIpc) is 2.99. The fourth-order valence-corrected chi connectivity index (χ4v) is 3.75. The van der Waals surface area contributed by atoms with E-state index in [-0.39, 0.29) is 0 Å². The summed E-state index contributed by atoms with van der Waals surface area (Å²) in [6, 6.07) is 14.3. The summed E-state index contributed by atoms with van der Waals surface area (Å²) in [5.74, 6) is 0. The first-order valence-corrected chi connectivity index (χ1v) is 7.14. The van der Waals surface area contributed by atoms with Gasteiger partial charge in [0.1, 0.15) is 0 Å². The fraction of sp³-hybridized carbons (Fsp3) is 0. The van der Waals surface area contributed by atoms with Crippen molar-refractivity contribution in [2.24, 2.45) is 0 Å². The highest BCUT2D eigenvalue weighted by Crippen LogP contribution is 2.41. The highest BCUT2D eigenvalue weighted by atomic mass is 35.5. The van der Waals surface area contributed by atoms with Gasteiger partial charge in [0.05, 0.1) is 4.88 Å². The molecule has 0 amide bonds. The summed E-state index contributed by atoms with van der Waals surface area (Å²) in [7, 11) is 0.